The second kappa shape index (κ2) is 6.87. The number of aromatic nitrogens is 2. The summed E-state index contributed by atoms with van der Waals surface area (Å²) in [6.45, 7) is 4.98. The Morgan fingerprint density at radius 1 is 1.61 bits per heavy atom. The molecule has 1 aromatic heterocycles. The normalized spacial score (nSPS) is 20.2. The fourth-order valence-electron chi connectivity index (χ4n) is 2.19. The number of hydrogen-bond donors (Lipinski definition) is 1. The minimum atomic E-state index is 0.576. The molecule has 2 rings (SSSR count). The predicted octanol–water partition coefficient (Wildman–Crippen LogP) is 1.51. The van der Waals surface area contributed by atoms with Crippen LogP contribution in [-0.4, -0.2) is 54.8 Å². The summed E-state index contributed by atoms with van der Waals surface area (Å²) in [5.41, 5.74) is 0. The highest BCUT2D eigenvalue weighted by Crippen LogP contribution is 2.19. The topological polar surface area (TPSA) is 50.3 Å². The summed E-state index contributed by atoms with van der Waals surface area (Å²) < 4.78 is 5.09. The molecule has 0 aliphatic carbocycles. The number of ether oxygens (including phenoxy) is 1. The van der Waals surface area contributed by atoms with E-state index >= 15 is 0 Å². The monoisotopic (exact) mass is 270 g/mol. The van der Waals surface area contributed by atoms with Gasteiger partial charge in [-0.2, -0.15) is 0 Å². The molecule has 0 saturated carbocycles. The minimum Gasteiger partial charge on any atom is -0.383 e. The summed E-state index contributed by atoms with van der Waals surface area (Å²) in [6, 6.07) is 0. The van der Waals surface area contributed by atoms with Gasteiger partial charge < -0.3 is 15.0 Å². The van der Waals surface area contributed by atoms with E-state index in [1.54, 1.807) is 13.3 Å². The minimum absolute atomic E-state index is 0.576. The highest BCUT2D eigenvalue weighted by molar-refractivity contribution is 6.32. The second-order valence-corrected chi connectivity index (χ2v) is 4.96. The molecule has 0 bridgehead atoms. The maximum atomic E-state index is 5.99. The van der Waals surface area contributed by atoms with E-state index in [2.05, 4.69) is 20.2 Å². The molecule has 1 saturated heterocycles. The van der Waals surface area contributed by atoms with Crippen LogP contribution in [0.3, 0.4) is 0 Å². The van der Waals surface area contributed by atoms with Crippen molar-refractivity contribution < 1.29 is 4.74 Å². The van der Waals surface area contributed by atoms with E-state index in [0.717, 1.165) is 38.6 Å². The Kier molecular flexibility index (Phi) is 5.16. The van der Waals surface area contributed by atoms with E-state index in [-0.39, 0.29) is 0 Å². The highest BCUT2D eigenvalue weighted by atomic mass is 35.5. The fraction of sp³-hybridized carbons (Fsp3) is 0.667. The van der Waals surface area contributed by atoms with Crippen LogP contribution < -0.4 is 5.32 Å². The van der Waals surface area contributed by atoms with Crippen molar-refractivity contribution >= 4 is 17.4 Å². The van der Waals surface area contributed by atoms with Gasteiger partial charge in [-0.3, -0.25) is 0 Å². The SMILES string of the molecule is COCCN1CCC(CNc2ncncc2Cl)C1. The molecule has 1 aliphatic rings. The van der Waals surface area contributed by atoms with Crippen molar-refractivity contribution in [3.8, 4) is 0 Å². The molecule has 1 atom stereocenters. The van der Waals surface area contributed by atoms with Crippen LogP contribution in [0.2, 0.25) is 5.02 Å². The van der Waals surface area contributed by atoms with Crippen LogP contribution >= 0.6 is 11.6 Å². The van der Waals surface area contributed by atoms with Crippen LogP contribution in [0.1, 0.15) is 6.42 Å². The zero-order valence-corrected chi connectivity index (χ0v) is 11.4. The van der Waals surface area contributed by atoms with Crippen molar-refractivity contribution in [2.24, 2.45) is 5.92 Å². The number of anilines is 1. The number of rotatable bonds is 6. The lowest BCUT2D eigenvalue weighted by molar-refractivity contribution is 0.159. The van der Waals surface area contributed by atoms with Gasteiger partial charge >= 0.3 is 0 Å². The quantitative estimate of drug-likeness (QED) is 0.849. The summed E-state index contributed by atoms with van der Waals surface area (Å²) in [6.07, 6.45) is 4.32. The first-order chi connectivity index (χ1) is 8.79. The number of likely N-dealkylation sites (tertiary alicyclic amines) is 1. The fourth-order valence-corrected chi connectivity index (χ4v) is 2.36. The molecule has 1 aromatic rings. The van der Waals surface area contributed by atoms with Gasteiger partial charge in [0.15, 0.2) is 0 Å². The summed E-state index contributed by atoms with van der Waals surface area (Å²) in [7, 11) is 1.74. The van der Waals surface area contributed by atoms with E-state index in [0.29, 0.717) is 10.9 Å². The Morgan fingerprint density at radius 2 is 2.50 bits per heavy atom. The van der Waals surface area contributed by atoms with E-state index < -0.39 is 0 Å². The van der Waals surface area contributed by atoms with E-state index in [4.69, 9.17) is 16.3 Å². The van der Waals surface area contributed by atoms with Crippen LogP contribution in [0, 0.1) is 5.92 Å². The Hall–Kier alpha value is -0.910. The maximum Gasteiger partial charge on any atom is 0.148 e. The van der Waals surface area contributed by atoms with Crippen molar-refractivity contribution in [3.05, 3.63) is 17.5 Å². The van der Waals surface area contributed by atoms with Gasteiger partial charge in [-0.25, -0.2) is 9.97 Å². The van der Waals surface area contributed by atoms with E-state index in [1.165, 1.54) is 12.7 Å². The number of hydrogen-bond acceptors (Lipinski definition) is 5. The molecular formula is C12H19ClN4O. The molecular weight excluding hydrogens is 252 g/mol. The lowest BCUT2D eigenvalue weighted by Crippen LogP contribution is -2.26. The third kappa shape index (κ3) is 3.80. The van der Waals surface area contributed by atoms with Crippen LogP contribution in [0.5, 0.6) is 0 Å². The smallest absolute Gasteiger partial charge is 0.148 e. The van der Waals surface area contributed by atoms with Crippen molar-refractivity contribution in [1.82, 2.24) is 14.9 Å². The first kappa shape index (κ1) is 13.5. The van der Waals surface area contributed by atoms with Crippen molar-refractivity contribution in [2.45, 2.75) is 6.42 Å². The second-order valence-electron chi connectivity index (χ2n) is 4.55. The summed E-state index contributed by atoms with van der Waals surface area (Å²) in [5.74, 6) is 1.37. The molecule has 0 spiro atoms. The molecule has 0 amide bonds. The van der Waals surface area contributed by atoms with Crippen LogP contribution in [-0.2, 0) is 4.74 Å². The molecule has 18 heavy (non-hydrogen) atoms. The summed E-state index contributed by atoms with van der Waals surface area (Å²) >= 11 is 5.99. The number of methoxy groups -OCH3 is 1. The lowest BCUT2D eigenvalue weighted by atomic mass is 10.1. The predicted molar refractivity (Wildman–Crippen MR) is 72.0 cm³/mol. The van der Waals surface area contributed by atoms with Gasteiger partial charge in [0.2, 0.25) is 0 Å². The van der Waals surface area contributed by atoms with Gasteiger partial charge in [-0.05, 0) is 18.9 Å². The summed E-state index contributed by atoms with van der Waals surface area (Å²) in [5, 5.41) is 3.87. The maximum absolute atomic E-state index is 5.99. The zero-order valence-electron chi connectivity index (χ0n) is 10.6. The molecule has 5 nitrogen and oxygen atoms in total. The first-order valence-electron chi connectivity index (χ1n) is 6.20. The van der Waals surface area contributed by atoms with Crippen LogP contribution in [0.25, 0.3) is 0 Å². The Bertz CT molecular complexity index is 377. The van der Waals surface area contributed by atoms with Gasteiger partial charge in [0.05, 0.1) is 12.8 Å². The van der Waals surface area contributed by atoms with Crippen molar-refractivity contribution in [3.63, 3.8) is 0 Å². The number of halogens is 1. The molecule has 1 aliphatic heterocycles. The standard InChI is InChI=1S/C12H19ClN4O/c1-18-5-4-17-3-2-10(8-17)6-15-12-11(13)7-14-9-16-12/h7,9-10H,2-6,8H2,1H3,(H,14,15,16). The molecule has 1 fully saturated rings. The lowest BCUT2D eigenvalue weighted by Gasteiger charge is -2.15. The Labute approximate surface area is 113 Å². The van der Waals surface area contributed by atoms with Crippen LogP contribution in [0.15, 0.2) is 12.5 Å². The zero-order chi connectivity index (χ0) is 12.8. The number of nitrogens with one attached hydrogen (secondary N) is 1. The molecule has 1 unspecified atom stereocenters. The highest BCUT2D eigenvalue weighted by Gasteiger charge is 2.21. The van der Waals surface area contributed by atoms with Gasteiger partial charge in [0, 0.05) is 26.7 Å². The van der Waals surface area contributed by atoms with E-state index in [9.17, 15) is 0 Å². The van der Waals surface area contributed by atoms with Gasteiger partial charge in [-0.1, -0.05) is 11.6 Å². The molecule has 6 heteroatoms. The molecule has 0 radical (unpaired) electrons. The largest absolute Gasteiger partial charge is 0.383 e. The third-order valence-electron chi connectivity index (χ3n) is 3.21. The van der Waals surface area contributed by atoms with Gasteiger partial charge in [0.25, 0.3) is 0 Å². The average molecular weight is 271 g/mol. The van der Waals surface area contributed by atoms with E-state index in [1.807, 2.05) is 0 Å². The van der Waals surface area contributed by atoms with Gasteiger partial charge in [0.1, 0.15) is 17.2 Å². The molecule has 1 N–H and O–H groups in total. The Balaban J connectivity index is 1.74. The molecule has 2 heterocycles. The third-order valence-corrected chi connectivity index (χ3v) is 3.48. The Morgan fingerprint density at radius 3 is 3.28 bits per heavy atom. The average Bonchev–Trinajstić information content (AvgIpc) is 2.83. The van der Waals surface area contributed by atoms with Crippen molar-refractivity contribution in [1.29, 1.82) is 0 Å². The van der Waals surface area contributed by atoms with Gasteiger partial charge in [-0.15, -0.1) is 0 Å². The van der Waals surface area contributed by atoms with Crippen LogP contribution in [0.4, 0.5) is 5.82 Å². The van der Waals surface area contributed by atoms with Crippen molar-refractivity contribution in [2.75, 3.05) is 45.2 Å². The summed E-state index contributed by atoms with van der Waals surface area (Å²) in [4.78, 5) is 10.4. The number of nitrogens with zero attached hydrogens (tertiary/aromatic N) is 3. The molecule has 100 valence electrons. The first-order valence-corrected chi connectivity index (χ1v) is 6.58. The molecule has 0 aromatic carbocycles.